The van der Waals surface area contributed by atoms with Crippen LogP contribution in [0.3, 0.4) is 0 Å². The van der Waals surface area contributed by atoms with Crippen LogP contribution in [0, 0.1) is 18.8 Å². The number of aliphatic carboxylic acids is 2. The van der Waals surface area contributed by atoms with Crippen LogP contribution in [-0.4, -0.2) is 95.1 Å². The van der Waals surface area contributed by atoms with Crippen molar-refractivity contribution in [3.8, 4) is 0 Å². The smallest absolute Gasteiger partial charge is 0.475 e. The summed E-state index contributed by atoms with van der Waals surface area (Å²) in [4.78, 5) is 39.1. The number of ether oxygens (including phenoxy) is 1. The molecule has 1 aromatic rings. The minimum Gasteiger partial charge on any atom is -0.475 e. The van der Waals surface area contributed by atoms with E-state index in [1.165, 1.54) is 0 Å². The number of hydrogen-bond acceptors (Lipinski definition) is 6. The molecule has 15 heteroatoms. The molecule has 210 valence electrons. The van der Waals surface area contributed by atoms with Crippen LogP contribution < -0.4 is 0 Å². The maximum atomic E-state index is 12.5. The lowest BCUT2D eigenvalue weighted by atomic mass is 9.78. The lowest BCUT2D eigenvalue weighted by molar-refractivity contribution is -0.193. The topological polar surface area (TPSA) is 120 Å². The summed E-state index contributed by atoms with van der Waals surface area (Å²) >= 11 is 0. The van der Waals surface area contributed by atoms with Gasteiger partial charge in [-0.2, -0.15) is 26.3 Å². The minimum absolute atomic E-state index is 0.0945. The van der Waals surface area contributed by atoms with Crippen molar-refractivity contribution >= 4 is 17.8 Å². The second-order valence-corrected chi connectivity index (χ2v) is 8.60. The monoisotopic (exact) mass is 545 g/mol. The molecule has 3 rings (SSSR count). The normalized spacial score (nSPS) is 21.8. The highest BCUT2D eigenvalue weighted by atomic mass is 19.4. The Bertz CT molecular complexity index is 901. The molecule has 1 amide bonds. The van der Waals surface area contributed by atoms with Gasteiger partial charge < -0.3 is 19.8 Å². The van der Waals surface area contributed by atoms with Crippen LogP contribution >= 0.6 is 0 Å². The Morgan fingerprint density at radius 3 is 2.05 bits per heavy atom. The van der Waals surface area contributed by atoms with E-state index in [2.05, 4.69) is 22.0 Å². The number of pyridine rings is 1. The first kappa shape index (κ1) is 32.1. The molecule has 3 heterocycles. The van der Waals surface area contributed by atoms with Gasteiger partial charge in [-0.15, -0.1) is 0 Å². The number of amides is 1. The largest absolute Gasteiger partial charge is 0.490 e. The first-order chi connectivity index (χ1) is 16.9. The van der Waals surface area contributed by atoms with Gasteiger partial charge in [0.05, 0.1) is 11.8 Å². The maximum absolute atomic E-state index is 12.5. The summed E-state index contributed by atoms with van der Waals surface area (Å²) in [5.41, 5.74) is 2.16. The molecule has 0 bridgehead atoms. The maximum Gasteiger partial charge on any atom is 0.490 e. The van der Waals surface area contributed by atoms with Crippen molar-refractivity contribution in [1.29, 1.82) is 0 Å². The molecule has 2 aliphatic heterocycles. The molecule has 0 aliphatic carbocycles. The first-order valence-corrected chi connectivity index (χ1v) is 11.0. The number of carbonyl (C=O) groups excluding carboxylic acids is 1. The zero-order valence-corrected chi connectivity index (χ0v) is 20.3. The number of nitrogens with zero attached hydrogens (tertiary/aromatic N) is 3. The van der Waals surface area contributed by atoms with Crippen LogP contribution in [0.4, 0.5) is 26.3 Å². The Kier molecular flexibility index (Phi) is 11.8. The fraction of sp³-hybridized carbons (Fsp3) is 0.636. The van der Waals surface area contributed by atoms with Gasteiger partial charge in [0.15, 0.2) is 0 Å². The van der Waals surface area contributed by atoms with Crippen LogP contribution in [0.15, 0.2) is 18.2 Å². The molecule has 2 fully saturated rings. The van der Waals surface area contributed by atoms with Gasteiger partial charge in [0.2, 0.25) is 5.91 Å². The van der Waals surface area contributed by atoms with Gasteiger partial charge in [0, 0.05) is 57.9 Å². The molecule has 2 N–H and O–H groups in total. The number of aromatic nitrogens is 1. The first-order valence-electron chi connectivity index (χ1n) is 11.0. The minimum atomic E-state index is -5.08. The molecule has 0 unspecified atom stereocenters. The highest BCUT2D eigenvalue weighted by Crippen LogP contribution is 2.34. The predicted octanol–water partition coefficient (Wildman–Crippen LogP) is 2.97. The standard InChI is InChI=1S/C18H27N3O2.2C2HF3O2/c1-13-5-4-6-14(19-13)11-21-9-7-17-16(12-21)15(8-10-23-17)18(22)20(2)3;2*3-2(4,5)1(6)7/h4-6,15-17H,7-12H2,1-3H3;2*(H,6,7)/t15-,16-,17-;;/m1../s1. The number of aryl methyl sites for hydroxylation is 1. The summed E-state index contributed by atoms with van der Waals surface area (Å²) < 4.78 is 69.4. The van der Waals surface area contributed by atoms with Gasteiger partial charge in [0.1, 0.15) is 0 Å². The number of alkyl halides is 6. The molecule has 0 saturated carbocycles. The Morgan fingerprint density at radius 2 is 1.59 bits per heavy atom. The SMILES string of the molecule is Cc1cccc(CN2CC[C@H]3OCC[C@@H](C(=O)N(C)C)[C@H]3C2)n1.O=C(O)C(F)(F)F.O=C(O)C(F)(F)F. The van der Waals surface area contributed by atoms with Crippen molar-refractivity contribution in [3.05, 3.63) is 29.6 Å². The number of likely N-dealkylation sites (tertiary alicyclic amines) is 1. The molecule has 37 heavy (non-hydrogen) atoms. The highest BCUT2D eigenvalue weighted by molar-refractivity contribution is 5.78. The molecule has 0 spiro atoms. The van der Waals surface area contributed by atoms with Crippen molar-refractivity contribution < 1.29 is 55.7 Å². The van der Waals surface area contributed by atoms with E-state index in [1.807, 2.05) is 27.1 Å². The molecule has 1 aromatic heterocycles. The van der Waals surface area contributed by atoms with Gasteiger partial charge in [-0.05, 0) is 31.9 Å². The fourth-order valence-corrected chi connectivity index (χ4v) is 3.88. The fourth-order valence-electron chi connectivity index (χ4n) is 3.88. The summed E-state index contributed by atoms with van der Waals surface area (Å²) in [6, 6.07) is 6.17. The Morgan fingerprint density at radius 1 is 1.05 bits per heavy atom. The number of fused-ring (bicyclic) bond motifs is 1. The van der Waals surface area contributed by atoms with E-state index in [1.54, 1.807) is 4.90 Å². The Hall–Kier alpha value is -2.94. The van der Waals surface area contributed by atoms with E-state index < -0.39 is 24.3 Å². The van der Waals surface area contributed by atoms with E-state index in [0.717, 1.165) is 43.9 Å². The van der Waals surface area contributed by atoms with E-state index in [9.17, 15) is 31.1 Å². The number of carboxylic acid groups (broad SMARTS) is 2. The number of piperidine rings is 1. The summed E-state index contributed by atoms with van der Waals surface area (Å²) in [6.07, 6.45) is -8.08. The molecule has 0 radical (unpaired) electrons. The van der Waals surface area contributed by atoms with Gasteiger partial charge in [-0.25, -0.2) is 9.59 Å². The zero-order valence-electron chi connectivity index (χ0n) is 20.3. The number of hydrogen-bond donors (Lipinski definition) is 2. The number of carbonyl (C=O) groups is 3. The van der Waals surface area contributed by atoms with Crippen molar-refractivity contribution in [2.75, 3.05) is 33.8 Å². The lowest BCUT2D eigenvalue weighted by Gasteiger charge is -2.45. The van der Waals surface area contributed by atoms with Crippen molar-refractivity contribution in [1.82, 2.24) is 14.8 Å². The summed E-state index contributed by atoms with van der Waals surface area (Å²) in [5.74, 6) is -4.87. The third-order valence-electron chi connectivity index (χ3n) is 5.53. The van der Waals surface area contributed by atoms with Gasteiger partial charge in [0.25, 0.3) is 0 Å². The summed E-state index contributed by atoms with van der Waals surface area (Å²) in [7, 11) is 3.70. The zero-order chi connectivity index (χ0) is 28.6. The Labute approximate surface area is 209 Å². The van der Waals surface area contributed by atoms with Crippen LogP contribution in [0.25, 0.3) is 0 Å². The Balaban J connectivity index is 0.000000404. The third kappa shape index (κ3) is 10.9. The summed E-state index contributed by atoms with van der Waals surface area (Å²) in [6.45, 7) is 5.53. The quantitative estimate of drug-likeness (QED) is 0.557. The van der Waals surface area contributed by atoms with E-state index >= 15 is 0 Å². The second-order valence-electron chi connectivity index (χ2n) is 8.60. The molecule has 3 atom stereocenters. The van der Waals surface area contributed by atoms with Crippen LogP contribution in [-0.2, 0) is 25.7 Å². The second kappa shape index (κ2) is 13.6. The van der Waals surface area contributed by atoms with Gasteiger partial charge >= 0.3 is 24.3 Å². The van der Waals surface area contributed by atoms with Crippen molar-refractivity contribution in [2.24, 2.45) is 11.8 Å². The van der Waals surface area contributed by atoms with Gasteiger partial charge in [-0.1, -0.05) is 6.07 Å². The average molecular weight is 545 g/mol. The van der Waals surface area contributed by atoms with Crippen molar-refractivity contribution in [3.63, 3.8) is 0 Å². The molecule has 9 nitrogen and oxygen atoms in total. The number of rotatable bonds is 3. The lowest BCUT2D eigenvalue weighted by Crippen LogP contribution is -2.53. The molecule has 2 aliphatic rings. The molecule has 0 aromatic carbocycles. The highest BCUT2D eigenvalue weighted by Gasteiger charge is 2.42. The number of carboxylic acids is 2. The van der Waals surface area contributed by atoms with E-state index in [-0.39, 0.29) is 17.9 Å². The van der Waals surface area contributed by atoms with Crippen LogP contribution in [0.1, 0.15) is 24.2 Å². The predicted molar refractivity (Wildman–Crippen MR) is 116 cm³/mol. The molecular weight excluding hydrogens is 516 g/mol. The van der Waals surface area contributed by atoms with Gasteiger partial charge in [-0.3, -0.25) is 14.7 Å². The van der Waals surface area contributed by atoms with E-state index in [4.69, 9.17) is 24.5 Å². The van der Waals surface area contributed by atoms with Crippen LogP contribution in [0.5, 0.6) is 0 Å². The van der Waals surface area contributed by atoms with Crippen molar-refractivity contribution in [2.45, 2.75) is 44.8 Å². The third-order valence-corrected chi connectivity index (χ3v) is 5.53. The molecule has 2 saturated heterocycles. The summed E-state index contributed by atoms with van der Waals surface area (Å²) in [5, 5.41) is 14.2. The molecular formula is C22H29F6N3O6. The van der Waals surface area contributed by atoms with E-state index in [0.29, 0.717) is 12.5 Å². The van der Waals surface area contributed by atoms with Crippen LogP contribution in [0.2, 0.25) is 0 Å². The average Bonchev–Trinajstić information content (AvgIpc) is 2.77. The number of halogens is 6.